The predicted molar refractivity (Wildman–Crippen MR) is 85.4 cm³/mol. The standard InChI is InChI=1S/C16H23BrO5/c17-12-6-4-11(5-7-12)3-1-2-8-21-16-15(20)14(19)9-13(10-18)22-16/h4-7,13-16,18-20H,1-3,8-10H2/t13-,14-,15+,16+/m0/s1. The molecule has 3 N–H and O–H groups in total. The minimum Gasteiger partial charge on any atom is -0.394 e. The molecule has 1 aromatic rings. The van der Waals surface area contributed by atoms with Crippen molar-refractivity contribution < 1.29 is 24.8 Å². The van der Waals surface area contributed by atoms with Crippen molar-refractivity contribution in [1.29, 1.82) is 0 Å². The first kappa shape index (κ1) is 17.8. The molecular weight excluding hydrogens is 352 g/mol. The Bertz CT molecular complexity index is 439. The second-order valence-electron chi connectivity index (χ2n) is 5.56. The Balaban J connectivity index is 1.66. The average molecular weight is 375 g/mol. The van der Waals surface area contributed by atoms with Crippen LogP contribution in [0.15, 0.2) is 28.7 Å². The zero-order chi connectivity index (χ0) is 15.9. The fourth-order valence-electron chi connectivity index (χ4n) is 2.45. The number of hydrogen-bond acceptors (Lipinski definition) is 5. The molecule has 0 aliphatic carbocycles. The summed E-state index contributed by atoms with van der Waals surface area (Å²) in [7, 11) is 0. The van der Waals surface area contributed by atoms with Crippen LogP contribution in [0.5, 0.6) is 0 Å². The van der Waals surface area contributed by atoms with Crippen molar-refractivity contribution >= 4 is 15.9 Å². The van der Waals surface area contributed by atoms with Crippen molar-refractivity contribution in [2.24, 2.45) is 0 Å². The molecule has 0 aromatic heterocycles. The fourth-order valence-corrected chi connectivity index (χ4v) is 2.72. The van der Waals surface area contributed by atoms with Crippen molar-refractivity contribution in [3.05, 3.63) is 34.3 Å². The van der Waals surface area contributed by atoms with Gasteiger partial charge in [0.1, 0.15) is 6.10 Å². The minimum absolute atomic E-state index is 0.187. The van der Waals surface area contributed by atoms with Crippen LogP contribution in [0.25, 0.3) is 0 Å². The zero-order valence-electron chi connectivity index (χ0n) is 12.4. The number of aryl methyl sites for hydroxylation is 1. The van der Waals surface area contributed by atoms with Crippen molar-refractivity contribution in [1.82, 2.24) is 0 Å². The molecule has 0 radical (unpaired) electrons. The van der Waals surface area contributed by atoms with Gasteiger partial charge in [-0.3, -0.25) is 0 Å². The van der Waals surface area contributed by atoms with Gasteiger partial charge in [-0.15, -0.1) is 0 Å². The molecule has 0 bridgehead atoms. The van der Waals surface area contributed by atoms with E-state index in [0.29, 0.717) is 6.61 Å². The number of ether oxygens (including phenoxy) is 2. The molecule has 1 saturated heterocycles. The summed E-state index contributed by atoms with van der Waals surface area (Å²) >= 11 is 3.41. The Hall–Kier alpha value is -0.500. The molecule has 6 heteroatoms. The molecule has 0 unspecified atom stereocenters. The van der Waals surface area contributed by atoms with Gasteiger partial charge >= 0.3 is 0 Å². The van der Waals surface area contributed by atoms with E-state index in [9.17, 15) is 10.2 Å². The van der Waals surface area contributed by atoms with Gasteiger partial charge in [0.2, 0.25) is 0 Å². The van der Waals surface area contributed by atoms with Crippen molar-refractivity contribution in [3.63, 3.8) is 0 Å². The van der Waals surface area contributed by atoms with E-state index in [4.69, 9.17) is 14.6 Å². The number of benzene rings is 1. The van der Waals surface area contributed by atoms with E-state index in [1.165, 1.54) is 5.56 Å². The zero-order valence-corrected chi connectivity index (χ0v) is 14.0. The molecule has 4 atom stereocenters. The third kappa shape index (κ3) is 5.30. The van der Waals surface area contributed by atoms with E-state index in [0.717, 1.165) is 23.7 Å². The van der Waals surface area contributed by atoms with Crippen LogP contribution in [-0.4, -0.2) is 53.1 Å². The molecule has 0 amide bonds. The van der Waals surface area contributed by atoms with Gasteiger partial charge in [0.15, 0.2) is 6.29 Å². The first-order valence-corrected chi connectivity index (χ1v) is 8.38. The van der Waals surface area contributed by atoms with Gasteiger partial charge in [0.25, 0.3) is 0 Å². The van der Waals surface area contributed by atoms with E-state index in [2.05, 4.69) is 28.1 Å². The lowest BCUT2D eigenvalue weighted by Crippen LogP contribution is -2.50. The van der Waals surface area contributed by atoms with E-state index < -0.39 is 24.6 Å². The van der Waals surface area contributed by atoms with Crippen LogP contribution in [0.4, 0.5) is 0 Å². The molecule has 124 valence electrons. The Morgan fingerprint density at radius 1 is 1.18 bits per heavy atom. The molecular formula is C16H23BrO5. The number of hydrogen-bond donors (Lipinski definition) is 3. The summed E-state index contributed by atoms with van der Waals surface area (Å²) in [6, 6.07) is 8.21. The van der Waals surface area contributed by atoms with Gasteiger partial charge < -0.3 is 24.8 Å². The summed E-state index contributed by atoms with van der Waals surface area (Å²) in [6.45, 7) is 0.260. The highest BCUT2D eigenvalue weighted by molar-refractivity contribution is 9.10. The third-order valence-corrected chi connectivity index (χ3v) is 4.29. The molecule has 0 saturated carbocycles. The van der Waals surface area contributed by atoms with Crippen molar-refractivity contribution in [2.75, 3.05) is 13.2 Å². The van der Waals surface area contributed by atoms with Gasteiger partial charge in [-0.05, 0) is 37.0 Å². The number of rotatable bonds is 7. The quantitative estimate of drug-likeness (QED) is 0.632. The minimum atomic E-state index is -1.06. The summed E-state index contributed by atoms with van der Waals surface area (Å²) in [4.78, 5) is 0. The predicted octanol–water partition coefficient (Wildman–Crippen LogP) is 1.62. The highest BCUT2D eigenvalue weighted by Crippen LogP contribution is 2.21. The number of unbranched alkanes of at least 4 members (excludes halogenated alkanes) is 1. The normalized spacial score (nSPS) is 28.7. The molecule has 1 aliphatic heterocycles. The molecule has 5 nitrogen and oxygen atoms in total. The lowest BCUT2D eigenvalue weighted by molar-refractivity contribution is -0.271. The van der Waals surface area contributed by atoms with E-state index in [1.807, 2.05) is 12.1 Å². The van der Waals surface area contributed by atoms with Crippen LogP contribution in [-0.2, 0) is 15.9 Å². The van der Waals surface area contributed by atoms with E-state index in [1.54, 1.807) is 0 Å². The Kier molecular flexibility index (Phi) is 7.27. The topological polar surface area (TPSA) is 79.2 Å². The maximum absolute atomic E-state index is 9.83. The van der Waals surface area contributed by atoms with Crippen LogP contribution >= 0.6 is 15.9 Å². The molecule has 0 spiro atoms. The van der Waals surface area contributed by atoms with E-state index >= 15 is 0 Å². The first-order chi connectivity index (χ1) is 10.6. The Morgan fingerprint density at radius 2 is 1.91 bits per heavy atom. The molecule has 2 rings (SSSR count). The van der Waals surface area contributed by atoms with Gasteiger partial charge in [-0.2, -0.15) is 0 Å². The highest BCUT2D eigenvalue weighted by atomic mass is 79.9. The molecule has 1 aromatic carbocycles. The molecule has 1 fully saturated rings. The van der Waals surface area contributed by atoms with Gasteiger partial charge in [0.05, 0.1) is 18.8 Å². The van der Waals surface area contributed by atoms with Gasteiger partial charge in [-0.25, -0.2) is 0 Å². The smallest absolute Gasteiger partial charge is 0.186 e. The fraction of sp³-hybridized carbons (Fsp3) is 0.625. The van der Waals surface area contributed by atoms with Crippen LogP contribution in [0.1, 0.15) is 24.8 Å². The number of halogens is 1. The number of aliphatic hydroxyl groups is 3. The van der Waals surface area contributed by atoms with Crippen LogP contribution < -0.4 is 0 Å². The van der Waals surface area contributed by atoms with Crippen molar-refractivity contribution in [2.45, 2.75) is 50.3 Å². The molecule has 22 heavy (non-hydrogen) atoms. The summed E-state index contributed by atoms with van der Waals surface area (Å²) in [5.41, 5.74) is 1.27. The van der Waals surface area contributed by atoms with Crippen molar-refractivity contribution in [3.8, 4) is 0 Å². The Labute approximate surface area is 139 Å². The van der Waals surface area contributed by atoms with Gasteiger partial charge in [0, 0.05) is 17.5 Å². The molecule has 1 heterocycles. The lowest BCUT2D eigenvalue weighted by atomic mass is 10.0. The first-order valence-electron chi connectivity index (χ1n) is 7.58. The van der Waals surface area contributed by atoms with Crippen LogP contribution in [0.3, 0.4) is 0 Å². The lowest BCUT2D eigenvalue weighted by Gasteiger charge is -2.36. The highest BCUT2D eigenvalue weighted by Gasteiger charge is 2.36. The SMILES string of the molecule is OC[C@@H]1C[C@H](O)[C@@H](O)[C@H](OCCCCc2ccc(Br)cc2)O1. The average Bonchev–Trinajstić information content (AvgIpc) is 2.52. The summed E-state index contributed by atoms with van der Waals surface area (Å²) < 4.78 is 12.0. The number of aliphatic hydroxyl groups excluding tert-OH is 3. The second kappa shape index (κ2) is 8.96. The third-order valence-electron chi connectivity index (χ3n) is 3.76. The summed E-state index contributed by atoms with van der Waals surface area (Å²) in [5, 5.41) is 28.6. The van der Waals surface area contributed by atoms with Gasteiger partial charge in [-0.1, -0.05) is 28.1 Å². The summed E-state index contributed by atoms with van der Waals surface area (Å²) in [6.07, 6.45) is -0.333. The van der Waals surface area contributed by atoms with Crippen LogP contribution in [0, 0.1) is 0 Å². The monoisotopic (exact) mass is 374 g/mol. The van der Waals surface area contributed by atoms with E-state index in [-0.39, 0.29) is 13.0 Å². The maximum atomic E-state index is 9.83. The summed E-state index contributed by atoms with van der Waals surface area (Å²) in [5.74, 6) is 0. The van der Waals surface area contributed by atoms with Crippen LogP contribution in [0.2, 0.25) is 0 Å². The maximum Gasteiger partial charge on any atom is 0.186 e. The molecule has 1 aliphatic rings. The Morgan fingerprint density at radius 3 is 2.59 bits per heavy atom. The largest absolute Gasteiger partial charge is 0.394 e. The second-order valence-corrected chi connectivity index (χ2v) is 6.47.